The molecule has 0 aliphatic carbocycles. The lowest BCUT2D eigenvalue weighted by atomic mass is 10.1. The zero-order valence-corrected chi connectivity index (χ0v) is 13.8. The minimum Gasteiger partial charge on any atom is -0.492 e. The zero-order valence-electron chi connectivity index (χ0n) is 13.0. The monoisotopic (exact) mass is 328 g/mol. The summed E-state index contributed by atoms with van der Waals surface area (Å²) < 4.78 is 7.69. The number of imidazole rings is 1. The third-order valence-electron chi connectivity index (χ3n) is 3.78. The fraction of sp³-hybridized carbons (Fsp3) is 0.222. The van der Waals surface area contributed by atoms with Crippen LogP contribution in [0.4, 0.5) is 0 Å². The molecule has 0 fully saturated rings. The minimum absolute atomic E-state index is 0.415. The number of aldehydes is 1. The van der Waals surface area contributed by atoms with E-state index in [0.29, 0.717) is 19.0 Å². The first-order chi connectivity index (χ1) is 11.1. The number of aromatic nitrogens is 2. The fourth-order valence-corrected chi connectivity index (χ4v) is 2.77. The number of nitrogens with zero attached hydrogens (tertiary/aromatic N) is 2. The maximum Gasteiger partial charge on any atom is 0.185 e. The summed E-state index contributed by atoms with van der Waals surface area (Å²) in [5.41, 5.74) is 3.72. The van der Waals surface area contributed by atoms with Gasteiger partial charge in [0.1, 0.15) is 12.4 Å². The summed E-state index contributed by atoms with van der Waals surface area (Å²) in [5.74, 6) is 1.19. The van der Waals surface area contributed by atoms with Gasteiger partial charge in [0.25, 0.3) is 0 Å². The second-order valence-electron chi connectivity index (χ2n) is 5.45. The Morgan fingerprint density at radius 3 is 2.61 bits per heavy atom. The van der Waals surface area contributed by atoms with Crippen molar-refractivity contribution in [1.82, 2.24) is 9.55 Å². The summed E-state index contributed by atoms with van der Waals surface area (Å²) in [6, 6.07) is 11.5. The van der Waals surface area contributed by atoms with Crippen LogP contribution in [0.2, 0.25) is 5.02 Å². The largest absolute Gasteiger partial charge is 0.492 e. The average Bonchev–Trinajstić information content (AvgIpc) is 2.90. The molecule has 0 N–H and O–H groups in total. The summed E-state index contributed by atoms with van der Waals surface area (Å²) in [6.45, 7) is 4.91. The molecule has 0 aliphatic heterocycles. The van der Waals surface area contributed by atoms with E-state index < -0.39 is 0 Å². The molecule has 0 radical (unpaired) electrons. The van der Waals surface area contributed by atoms with E-state index in [4.69, 9.17) is 16.3 Å². The van der Waals surface area contributed by atoms with Gasteiger partial charge in [0, 0.05) is 5.02 Å². The van der Waals surface area contributed by atoms with Gasteiger partial charge in [0.05, 0.1) is 17.6 Å². The molecule has 0 saturated carbocycles. The van der Waals surface area contributed by atoms with Crippen molar-refractivity contribution < 1.29 is 9.53 Å². The lowest BCUT2D eigenvalue weighted by Crippen LogP contribution is -2.11. The highest BCUT2D eigenvalue weighted by Gasteiger charge is 2.10. The fourth-order valence-electron chi connectivity index (χ4n) is 2.66. The molecular weight excluding hydrogens is 312 g/mol. The number of benzene rings is 2. The third-order valence-corrected chi connectivity index (χ3v) is 4.38. The van der Waals surface area contributed by atoms with Gasteiger partial charge >= 0.3 is 0 Å². The van der Waals surface area contributed by atoms with E-state index in [0.717, 1.165) is 39.2 Å². The second-order valence-corrected chi connectivity index (χ2v) is 5.83. The van der Waals surface area contributed by atoms with E-state index in [9.17, 15) is 4.79 Å². The Bertz CT molecular complexity index is 848. The molecule has 3 aromatic rings. The van der Waals surface area contributed by atoms with Gasteiger partial charge < -0.3 is 9.30 Å². The van der Waals surface area contributed by atoms with Gasteiger partial charge in [-0.1, -0.05) is 23.7 Å². The molecule has 4 nitrogen and oxygen atoms in total. The van der Waals surface area contributed by atoms with E-state index in [1.165, 1.54) is 0 Å². The van der Waals surface area contributed by atoms with Gasteiger partial charge in [0.2, 0.25) is 0 Å². The van der Waals surface area contributed by atoms with Crippen LogP contribution in [0.1, 0.15) is 21.7 Å². The van der Waals surface area contributed by atoms with Crippen LogP contribution in [0.3, 0.4) is 0 Å². The summed E-state index contributed by atoms with van der Waals surface area (Å²) in [7, 11) is 0. The predicted octanol–water partition coefficient (Wildman–Crippen LogP) is 4.20. The van der Waals surface area contributed by atoms with Crippen LogP contribution in [0.25, 0.3) is 11.0 Å². The number of aryl methyl sites for hydroxylation is 2. The Morgan fingerprint density at radius 2 is 1.91 bits per heavy atom. The smallest absolute Gasteiger partial charge is 0.185 e. The molecule has 23 heavy (non-hydrogen) atoms. The van der Waals surface area contributed by atoms with Crippen LogP contribution in [-0.2, 0) is 6.54 Å². The van der Waals surface area contributed by atoms with E-state index >= 15 is 0 Å². The van der Waals surface area contributed by atoms with Crippen molar-refractivity contribution in [3.8, 4) is 5.75 Å². The number of hydrogen-bond donors (Lipinski definition) is 0. The van der Waals surface area contributed by atoms with Gasteiger partial charge in [-0.15, -0.1) is 0 Å². The molecule has 0 bridgehead atoms. The molecule has 0 unspecified atom stereocenters. The Morgan fingerprint density at radius 1 is 1.22 bits per heavy atom. The SMILES string of the molecule is Cc1cc(OCCn2c(C=O)nc3ccccc32)cc(C)c1Cl. The van der Waals surface area contributed by atoms with Crippen LogP contribution in [-0.4, -0.2) is 22.4 Å². The molecule has 0 amide bonds. The topological polar surface area (TPSA) is 44.1 Å². The number of rotatable bonds is 5. The predicted molar refractivity (Wildman–Crippen MR) is 91.5 cm³/mol. The number of ether oxygens (including phenoxy) is 1. The minimum atomic E-state index is 0.415. The summed E-state index contributed by atoms with van der Waals surface area (Å²) in [5, 5.41) is 0.765. The lowest BCUT2D eigenvalue weighted by Gasteiger charge is -2.11. The summed E-state index contributed by atoms with van der Waals surface area (Å²) >= 11 is 6.16. The van der Waals surface area contributed by atoms with Crippen LogP contribution in [0.5, 0.6) is 5.75 Å². The molecule has 118 valence electrons. The number of fused-ring (bicyclic) bond motifs is 1. The van der Waals surface area contributed by atoms with Crippen molar-refractivity contribution >= 4 is 28.9 Å². The molecule has 1 heterocycles. The van der Waals surface area contributed by atoms with Crippen molar-refractivity contribution in [3.63, 3.8) is 0 Å². The number of halogens is 1. The quantitative estimate of drug-likeness (QED) is 0.659. The van der Waals surface area contributed by atoms with Crippen molar-refractivity contribution in [2.24, 2.45) is 0 Å². The van der Waals surface area contributed by atoms with Crippen molar-refractivity contribution in [2.75, 3.05) is 6.61 Å². The number of hydrogen-bond acceptors (Lipinski definition) is 3. The van der Waals surface area contributed by atoms with E-state index in [1.54, 1.807) is 0 Å². The maximum absolute atomic E-state index is 11.2. The third kappa shape index (κ3) is 3.08. The van der Waals surface area contributed by atoms with Gasteiger partial charge in [-0.3, -0.25) is 4.79 Å². The van der Waals surface area contributed by atoms with E-state index in [2.05, 4.69) is 4.98 Å². The van der Waals surface area contributed by atoms with Crippen LogP contribution in [0.15, 0.2) is 36.4 Å². The second kappa shape index (κ2) is 6.42. The molecule has 0 atom stereocenters. The highest BCUT2D eigenvalue weighted by atomic mass is 35.5. The average molecular weight is 329 g/mol. The first-order valence-corrected chi connectivity index (χ1v) is 7.78. The number of para-hydroxylation sites is 2. The molecular formula is C18H17ClN2O2. The Kier molecular flexibility index (Phi) is 4.35. The van der Waals surface area contributed by atoms with Crippen molar-refractivity contribution in [3.05, 3.63) is 58.4 Å². The first-order valence-electron chi connectivity index (χ1n) is 7.40. The molecule has 0 aliphatic rings. The van der Waals surface area contributed by atoms with E-state index in [-0.39, 0.29) is 0 Å². The maximum atomic E-state index is 11.2. The lowest BCUT2D eigenvalue weighted by molar-refractivity contribution is 0.111. The number of carbonyl (C=O) groups excluding carboxylic acids is 1. The normalized spacial score (nSPS) is 10.9. The van der Waals surface area contributed by atoms with E-state index in [1.807, 2.05) is 54.8 Å². The van der Waals surface area contributed by atoms with Crippen LogP contribution >= 0.6 is 11.6 Å². The molecule has 2 aromatic carbocycles. The Hall–Kier alpha value is -2.33. The Balaban J connectivity index is 1.78. The van der Waals surface area contributed by atoms with Crippen LogP contribution < -0.4 is 4.74 Å². The number of carbonyl (C=O) groups is 1. The molecule has 1 aromatic heterocycles. The van der Waals surface area contributed by atoms with Gasteiger partial charge in [-0.25, -0.2) is 4.98 Å². The van der Waals surface area contributed by atoms with Crippen molar-refractivity contribution in [1.29, 1.82) is 0 Å². The summed E-state index contributed by atoms with van der Waals surface area (Å²) in [4.78, 5) is 15.5. The van der Waals surface area contributed by atoms with Crippen molar-refractivity contribution in [2.45, 2.75) is 20.4 Å². The zero-order chi connectivity index (χ0) is 16.4. The van der Waals surface area contributed by atoms with Gasteiger partial charge in [-0.2, -0.15) is 0 Å². The standard InChI is InChI=1S/C18H17ClN2O2/c1-12-9-14(10-13(2)18(12)19)23-8-7-21-16-6-4-3-5-15(16)20-17(21)11-22/h3-6,9-11H,7-8H2,1-2H3. The Labute approximate surface area is 139 Å². The van der Waals surface area contributed by atoms with Crippen LogP contribution in [0, 0.1) is 13.8 Å². The molecule has 3 rings (SSSR count). The summed E-state index contributed by atoms with van der Waals surface area (Å²) in [6.07, 6.45) is 0.774. The van der Waals surface area contributed by atoms with Gasteiger partial charge in [0.15, 0.2) is 12.1 Å². The highest BCUT2D eigenvalue weighted by molar-refractivity contribution is 6.32. The molecule has 5 heteroatoms. The molecule has 0 spiro atoms. The first kappa shape index (κ1) is 15.6. The van der Waals surface area contributed by atoms with Gasteiger partial charge in [-0.05, 0) is 49.2 Å². The highest BCUT2D eigenvalue weighted by Crippen LogP contribution is 2.26. The molecule has 0 saturated heterocycles.